The summed E-state index contributed by atoms with van der Waals surface area (Å²) in [5.74, 6) is 0. The van der Waals surface area contributed by atoms with E-state index in [9.17, 15) is 4.39 Å². The number of nitrogens with zero attached hydrogens (tertiary/aromatic N) is 3. The molecule has 0 amide bonds. The third kappa shape index (κ3) is 1.88. The van der Waals surface area contributed by atoms with Crippen LogP contribution in [-0.2, 0) is 0 Å². The van der Waals surface area contributed by atoms with Gasteiger partial charge in [-0.2, -0.15) is 0 Å². The summed E-state index contributed by atoms with van der Waals surface area (Å²) in [6.45, 7) is 1.92. The first-order valence-corrected chi connectivity index (χ1v) is 6.49. The van der Waals surface area contributed by atoms with Crippen molar-refractivity contribution in [2.75, 3.05) is 0 Å². The molecule has 0 spiro atoms. The van der Waals surface area contributed by atoms with Crippen molar-refractivity contribution in [3.63, 3.8) is 0 Å². The molecule has 0 aliphatic heterocycles. The van der Waals surface area contributed by atoms with Gasteiger partial charge in [-0.3, -0.25) is 0 Å². The molecule has 5 heteroatoms. The third-order valence-electron chi connectivity index (χ3n) is 3.03. The van der Waals surface area contributed by atoms with E-state index >= 15 is 0 Å². The lowest BCUT2D eigenvalue weighted by Crippen LogP contribution is -2.03. The molecular formula is C13H11BrFN3. The number of fused-ring (bicyclic) bond motifs is 1. The standard InChI is InChI=1S/C13H11BrFN3/c1-8-7-9(15)4-5-10(8)11-3-2-6-18-12(11)16-13(14)17-18/h2-3,5-7,9H,4H2,1H3. The Morgan fingerprint density at radius 1 is 1.50 bits per heavy atom. The van der Waals surface area contributed by atoms with Crippen molar-refractivity contribution in [1.29, 1.82) is 0 Å². The summed E-state index contributed by atoms with van der Waals surface area (Å²) in [6.07, 6.45) is 4.97. The van der Waals surface area contributed by atoms with Crippen LogP contribution in [0, 0.1) is 0 Å². The Balaban J connectivity index is 2.18. The molecule has 18 heavy (non-hydrogen) atoms. The van der Waals surface area contributed by atoms with Gasteiger partial charge in [0.05, 0.1) is 0 Å². The third-order valence-corrected chi connectivity index (χ3v) is 3.37. The van der Waals surface area contributed by atoms with Crippen molar-refractivity contribution in [2.24, 2.45) is 0 Å². The zero-order chi connectivity index (χ0) is 12.7. The van der Waals surface area contributed by atoms with Gasteiger partial charge in [0.2, 0.25) is 4.73 Å². The van der Waals surface area contributed by atoms with Crippen molar-refractivity contribution < 1.29 is 4.39 Å². The highest BCUT2D eigenvalue weighted by atomic mass is 79.9. The van der Waals surface area contributed by atoms with E-state index in [4.69, 9.17) is 0 Å². The number of allylic oxidation sites excluding steroid dienone is 4. The van der Waals surface area contributed by atoms with Crippen molar-refractivity contribution >= 4 is 27.2 Å². The lowest BCUT2D eigenvalue weighted by atomic mass is 9.93. The molecule has 0 N–H and O–H groups in total. The van der Waals surface area contributed by atoms with Crippen LogP contribution >= 0.6 is 15.9 Å². The van der Waals surface area contributed by atoms with Crippen LogP contribution in [0.4, 0.5) is 4.39 Å². The van der Waals surface area contributed by atoms with Gasteiger partial charge in [0.25, 0.3) is 0 Å². The smallest absolute Gasteiger partial charge is 0.218 e. The Morgan fingerprint density at radius 3 is 3.11 bits per heavy atom. The molecule has 0 fully saturated rings. The predicted molar refractivity (Wildman–Crippen MR) is 71.9 cm³/mol. The van der Waals surface area contributed by atoms with E-state index in [1.165, 1.54) is 0 Å². The minimum absolute atomic E-state index is 0.420. The second-order valence-electron chi connectivity index (χ2n) is 4.29. The van der Waals surface area contributed by atoms with Crippen LogP contribution in [0.2, 0.25) is 0 Å². The Hall–Kier alpha value is -1.49. The average molecular weight is 308 g/mol. The number of rotatable bonds is 1. The largest absolute Gasteiger partial charge is 0.243 e. The highest BCUT2D eigenvalue weighted by Crippen LogP contribution is 2.31. The average Bonchev–Trinajstić information content (AvgIpc) is 2.69. The second kappa shape index (κ2) is 4.31. The Bertz CT molecular complexity index is 672. The number of hydrogen-bond acceptors (Lipinski definition) is 2. The molecule has 2 aromatic heterocycles. The fourth-order valence-electron chi connectivity index (χ4n) is 2.23. The minimum atomic E-state index is -0.877. The number of alkyl halides is 1. The molecular weight excluding hydrogens is 297 g/mol. The van der Waals surface area contributed by atoms with E-state index in [1.54, 1.807) is 10.6 Å². The van der Waals surface area contributed by atoms with Crippen LogP contribution in [0.5, 0.6) is 0 Å². The summed E-state index contributed by atoms with van der Waals surface area (Å²) in [5.41, 5.74) is 3.74. The number of halogens is 2. The van der Waals surface area contributed by atoms with Gasteiger partial charge in [-0.25, -0.2) is 13.9 Å². The molecule has 0 saturated carbocycles. The Labute approximate surface area is 112 Å². The lowest BCUT2D eigenvalue weighted by molar-refractivity contribution is 0.400. The Morgan fingerprint density at radius 2 is 2.33 bits per heavy atom. The quantitative estimate of drug-likeness (QED) is 0.806. The fraction of sp³-hybridized carbons (Fsp3) is 0.231. The van der Waals surface area contributed by atoms with Crippen LogP contribution in [0.3, 0.4) is 0 Å². The molecule has 3 nitrogen and oxygen atoms in total. The zero-order valence-electron chi connectivity index (χ0n) is 9.77. The van der Waals surface area contributed by atoms with E-state index in [0.717, 1.165) is 22.4 Å². The van der Waals surface area contributed by atoms with E-state index < -0.39 is 6.17 Å². The maximum absolute atomic E-state index is 13.3. The monoisotopic (exact) mass is 307 g/mol. The lowest BCUT2D eigenvalue weighted by Gasteiger charge is -2.15. The van der Waals surface area contributed by atoms with Gasteiger partial charge in [0.15, 0.2) is 5.65 Å². The van der Waals surface area contributed by atoms with Crippen molar-refractivity contribution in [1.82, 2.24) is 14.6 Å². The minimum Gasteiger partial charge on any atom is -0.243 e. The number of pyridine rings is 1. The fourth-order valence-corrected chi connectivity index (χ4v) is 2.57. The molecule has 2 heterocycles. The molecule has 1 aliphatic carbocycles. The number of hydrogen-bond donors (Lipinski definition) is 0. The molecule has 92 valence electrons. The van der Waals surface area contributed by atoms with Gasteiger partial charge < -0.3 is 0 Å². The van der Waals surface area contributed by atoms with E-state index in [1.807, 2.05) is 31.3 Å². The van der Waals surface area contributed by atoms with E-state index in [-0.39, 0.29) is 0 Å². The number of aromatic nitrogens is 3. The van der Waals surface area contributed by atoms with E-state index in [2.05, 4.69) is 26.0 Å². The van der Waals surface area contributed by atoms with Crippen LogP contribution in [0.15, 0.2) is 40.8 Å². The van der Waals surface area contributed by atoms with E-state index in [0.29, 0.717) is 11.2 Å². The van der Waals surface area contributed by atoms with Crippen LogP contribution in [0.1, 0.15) is 18.9 Å². The van der Waals surface area contributed by atoms with Crippen molar-refractivity contribution in [3.05, 3.63) is 46.4 Å². The zero-order valence-corrected chi connectivity index (χ0v) is 11.4. The molecule has 2 aromatic rings. The first kappa shape index (κ1) is 11.6. The SMILES string of the molecule is CC1=CC(F)CC=C1c1cccn2nc(Br)nc12. The van der Waals surface area contributed by atoms with Crippen LogP contribution in [-0.4, -0.2) is 20.8 Å². The van der Waals surface area contributed by atoms with Gasteiger partial charge in [-0.15, -0.1) is 5.10 Å². The van der Waals surface area contributed by atoms with Gasteiger partial charge in [0.1, 0.15) is 6.17 Å². The van der Waals surface area contributed by atoms with Gasteiger partial charge >= 0.3 is 0 Å². The summed E-state index contributed by atoms with van der Waals surface area (Å²) in [5, 5.41) is 4.21. The van der Waals surface area contributed by atoms with Crippen molar-refractivity contribution in [2.45, 2.75) is 19.5 Å². The van der Waals surface area contributed by atoms with Crippen molar-refractivity contribution in [3.8, 4) is 0 Å². The van der Waals surface area contributed by atoms with Crippen LogP contribution < -0.4 is 0 Å². The summed E-state index contributed by atoms with van der Waals surface area (Å²) in [4.78, 5) is 4.35. The molecule has 0 aromatic carbocycles. The van der Waals surface area contributed by atoms with Gasteiger partial charge in [-0.05, 0) is 52.2 Å². The highest BCUT2D eigenvalue weighted by molar-refractivity contribution is 9.10. The normalized spacial score (nSPS) is 19.8. The second-order valence-corrected chi connectivity index (χ2v) is 5.00. The molecule has 1 atom stereocenters. The maximum atomic E-state index is 13.3. The summed E-state index contributed by atoms with van der Waals surface area (Å²) < 4.78 is 15.5. The molecule has 0 bridgehead atoms. The predicted octanol–water partition coefficient (Wildman–Crippen LogP) is 3.56. The molecule has 3 rings (SSSR count). The maximum Gasteiger partial charge on any atom is 0.218 e. The molecule has 0 radical (unpaired) electrons. The summed E-state index contributed by atoms with van der Waals surface area (Å²) >= 11 is 3.27. The highest BCUT2D eigenvalue weighted by Gasteiger charge is 2.16. The summed E-state index contributed by atoms with van der Waals surface area (Å²) in [6, 6.07) is 3.90. The molecule has 0 saturated heterocycles. The van der Waals surface area contributed by atoms with Gasteiger partial charge in [0, 0.05) is 18.2 Å². The molecule has 1 unspecified atom stereocenters. The Kier molecular flexibility index (Phi) is 2.78. The first-order valence-electron chi connectivity index (χ1n) is 5.69. The first-order chi connectivity index (χ1) is 8.65. The van der Waals surface area contributed by atoms with Gasteiger partial charge in [-0.1, -0.05) is 6.08 Å². The molecule has 1 aliphatic rings. The topological polar surface area (TPSA) is 30.2 Å². The summed E-state index contributed by atoms with van der Waals surface area (Å²) in [7, 11) is 0. The van der Waals surface area contributed by atoms with Crippen LogP contribution in [0.25, 0.3) is 11.2 Å².